The third-order valence-electron chi connectivity index (χ3n) is 8.92. The number of nitrogens with zero attached hydrogens (tertiary/aromatic N) is 1. The molecule has 0 saturated carbocycles. The first-order chi connectivity index (χ1) is 18.8. The van der Waals surface area contributed by atoms with Gasteiger partial charge in [-0.2, -0.15) is 0 Å². The van der Waals surface area contributed by atoms with Gasteiger partial charge < -0.3 is 4.90 Å². The van der Waals surface area contributed by atoms with Crippen LogP contribution in [0.3, 0.4) is 0 Å². The van der Waals surface area contributed by atoms with Crippen LogP contribution in [0.4, 0.5) is 17.1 Å². The monoisotopic (exact) mass is 557 g/mol. The van der Waals surface area contributed by atoms with Crippen molar-refractivity contribution in [3.05, 3.63) is 132 Å². The molecule has 0 saturated heterocycles. The molecule has 2 heterocycles. The average Bonchev–Trinajstić information content (AvgIpc) is 2.97. The smallest absolute Gasteiger partial charge is 0.114 e. The minimum Gasteiger partial charge on any atom is -0.310 e. The van der Waals surface area contributed by atoms with Gasteiger partial charge in [0.25, 0.3) is 0 Å². The van der Waals surface area contributed by atoms with E-state index < -0.39 is 14.1 Å². The molecule has 0 radical (unpaired) electrons. The number of fused-ring (bicyclic) bond motifs is 4. The third-order valence-corrected chi connectivity index (χ3v) is 17.9. The van der Waals surface area contributed by atoms with Crippen LogP contribution in [0.15, 0.2) is 121 Å². The first-order valence-electron chi connectivity index (χ1n) is 13.7. The first-order valence-corrected chi connectivity index (χ1v) is 19.5. The molecule has 4 heteroatoms. The Morgan fingerprint density at radius 1 is 0.615 bits per heavy atom. The zero-order valence-corrected chi connectivity index (χ0v) is 25.6. The topological polar surface area (TPSA) is 3.24 Å². The minimum atomic E-state index is -2.19. The predicted octanol–water partition coefficient (Wildman–Crippen LogP) is 6.69. The fraction of sp³-hybridized carbons (Fsp3) is 0.143. The molecule has 39 heavy (non-hydrogen) atoms. The fourth-order valence-corrected chi connectivity index (χ4v) is 16.9. The normalized spacial score (nSPS) is 19.8. The Bertz CT molecular complexity index is 1760. The van der Waals surface area contributed by atoms with Gasteiger partial charge in [0.2, 0.25) is 0 Å². The fourth-order valence-electron chi connectivity index (χ4n) is 6.85. The lowest BCUT2D eigenvalue weighted by Gasteiger charge is -2.44. The second-order valence-corrected chi connectivity index (χ2v) is 20.5. The molecule has 5 aromatic carbocycles. The lowest BCUT2D eigenvalue weighted by molar-refractivity contribution is 0.632. The van der Waals surface area contributed by atoms with Gasteiger partial charge in [0.1, 0.15) is 8.07 Å². The summed E-state index contributed by atoms with van der Waals surface area (Å²) in [7, 11) is -2.03. The van der Waals surface area contributed by atoms with Gasteiger partial charge in [0.05, 0.1) is 11.4 Å². The van der Waals surface area contributed by atoms with Crippen LogP contribution in [0, 0.1) is 0 Å². The van der Waals surface area contributed by atoms with Crippen molar-refractivity contribution in [3.8, 4) is 0 Å². The van der Waals surface area contributed by atoms with Crippen molar-refractivity contribution in [2.45, 2.75) is 32.4 Å². The molecule has 7 rings (SSSR count). The number of anilines is 3. The molecule has 2 aliphatic rings. The highest BCUT2D eigenvalue weighted by Gasteiger charge is 2.44. The molecule has 192 valence electrons. The van der Waals surface area contributed by atoms with Crippen molar-refractivity contribution in [2.75, 3.05) is 4.90 Å². The molecule has 0 bridgehead atoms. The van der Waals surface area contributed by atoms with Crippen LogP contribution in [0.1, 0.15) is 25.0 Å². The van der Waals surface area contributed by atoms with Gasteiger partial charge in [-0.1, -0.05) is 136 Å². The van der Waals surface area contributed by atoms with Crippen LogP contribution in [-0.4, -0.2) is 8.07 Å². The van der Waals surface area contributed by atoms with E-state index in [1.807, 2.05) is 0 Å². The van der Waals surface area contributed by atoms with Gasteiger partial charge in [-0.3, -0.25) is 0 Å². The van der Waals surface area contributed by atoms with Crippen LogP contribution in [0.25, 0.3) is 0 Å². The van der Waals surface area contributed by atoms with E-state index in [9.17, 15) is 0 Å². The van der Waals surface area contributed by atoms with Gasteiger partial charge >= 0.3 is 0 Å². The summed E-state index contributed by atoms with van der Waals surface area (Å²) >= 11 is 6.81. The van der Waals surface area contributed by atoms with Crippen LogP contribution >= 0.6 is 6.04 Å². The Kier molecular flexibility index (Phi) is 5.49. The van der Waals surface area contributed by atoms with Gasteiger partial charge in [0.15, 0.2) is 0 Å². The summed E-state index contributed by atoms with van der Waals surface area (Å²) in [4.78, 5) is 2.48. The number of hydrogen-bond donors (Lipinski definition) is 0. The summed E-state index contributed by atoms with van der Waals surface area (Å²) in [6.07, 6.45) is 0. The van der Waals surface area contributed by atoms with Crippen LogP contribution in [-0.2, 0) is 17.2 Å². The van der Waals surface area contributed by atoms with E-state index in [1.165, 1.54) is 54.5 Å². The lowest BCUT2D eigenvalue weighted by Crippen LogP contribution is -2.67. The summed E-state index contributed by atoms with van der Waals surface area (Å²) in [5.74, 6) is 0. The van der Waals surface area contributed by atoms with Crippen molar-refractivity contribution < 1.29 is 0 Å². The molecule has 5 aromatic rings. The molecule has 0 aliphatic carbocycles. The number of benzene rings is 5. The van der Waals surface area contributed by atoms with E-state index in [1.54, 1.807) is 0 Å². The SMILES string of the molecule is CC1(C)c2ccccc2N(c2ccc3c(c2)[Si](C)(C)c2ccccc2P3(=S)c2ccccc2)c2ccccc21. The van der Waals surface area contributed by atoms with Gasteiger partial charge in [-0.25, -0.2) is 0 Å². The maximum atomic E-state index is 6.81. The molecule has 1 unspecified atom stereocenters. The van der Waals surface area contributed by atoms with Gasteiger partial charge in [-0.15, -0.1) is 0 Å². The predicted molar refractivity (Wildman–Crippen MR) is 176 cm³/mol. The molecule has 0 amide bonds. The second kappa shape index (κ2) is 8.63. The van der Waals surface area contributed by atoms with Crippen molar-refractivity contribution in [2.24, 2.45) is 0 Å². The largest absolute Gasteiger partial charge is 0.310 e. The van der Waals surface area contributed by atoms with E-state index in [0.29, 0.717) is 0 Å². The first kappa shape index (κ1) is 24.8. The Hall–Kier alpha value is -3.23. The minimum absolute atomic E-state index is 0.0700. The molecule has 1 atom stereocenters. The zero-order valence-electron chi connectivity index (χ0n) is 22.8. The standard InChI is InChI=1S/C35H32NPSSi/c1-35(2)27-16-8-10-18-29(27)36(30-19-11-9-17-28(30)35)25-22-23-32-34(24-25)39(3,4)33-21-13-12-20-31(33)37(32,38)26-14-6-5-7-15-26/h5-24H,1-4H3. The summed E-state index contributed by atoms with van der Waals surface area (Å²) in [5, 5.41) is 7.01. The Morgan fingerprint density at radius 2 is 1.15 bits per heavy atom. The quantitative estimate of drug-likeness (QED) is 0.176. The van der Waals surface area contributed by atoms with E-state index in [-0.39, 0.29) is 5.41 Å². The molecular weight excluding hydrogens is 526 g/mol. The summed E-state index contributed by atoms with van der Waals surface area (Å²) < 4.78 is 0. The molecule has 1 nitrogen and oxygen atoms in total. The number of rotatable bonds is 2. The van der Waals surface area contributed by atoms with Crippen LogP contribution in [0.5, 0.6) is 0 Å². The molecule has 2 aliphatic heterocycles. The Labute approximate surface area is 238 Å². The molecule has 0 fully saturated rings. The molecular formula is C35H32NPSSi. The summed E-state index contributed by atoms with van der Waals surface area (Å²) in [5.41, 5.74) is 6.40. The van der Waals surface area contributed by atoms with E-state index in [2.05, 4.69) is 153 Å². The molecule has 0 spiro atoms. The Balaban J connectivity index is 1.51. The van der Waals surface area contributed by atoms with Crippen LogP contribution < -0.4 is 31.2 Å². The van der Waals surface area contributed by atoms with E-state index in [0.717, 1.165) is 0 Å². The Morgan fingerprint density at radius 3 is 1.82 bits per heavy atom. The summed E-state index contributed by atoms with van der Waals surface area (Å²) in [6, 6.07) is 42.7. The van der Waals surface area contributed by atoms with Crippen molar-refractivity contribution in [3.63, 3.8) is 0 Å². The summed E-state index contributed by atoms with van der Waals surface area (Å²) in [6.45, 7) is 9.69. The highest BCUT2D eigenvalue weighted by atomic mass is 32.4. The number of para-hydroxylation sites is 2. The highest BCUT2D eigenvalue weighted by molar-refractivity contribution is 8.26. The van der Waals surface area contributed by atoms with Gasteiger partial charge in [-0.05, 0) is 61.7 Å². The highest BCUT2D eigenvalue weighted by Crippen LogP contribution is 2.52. The van der Waals surface area contributed by atoms with Crippen LogP contribution in [0.2, 0.25) is 13.1 Å². The maximum Gasteiger partial charge on any atom is 0.114 e. The maximum absolute atomic E-state index is 6.81. The molecule has 0 N–H and O–H groups in total. The number of hydrogen-bond acceptors (Lipinski definition) is 2. The van der Waals surface area contributed by atoms with E-state index >= 15 is 0 Å². The molecule has 0 aromatic heterocycles. The van der Waals surface area contributed by atoms with E-state index in [4.69, 9.17) is 11.8 Å². The second-order valence-electron chi connectivity index (χ2n) is 11.8. The lowest BCUT2D eigenvalue weighted by atomic mass is 9.73. The third kappa shape index (κ3) is 3.40. The van der Waals surface area contributed by atoms with Crippen molar-refractivity contribution >= 4 is 69.3 Å². The average molecular weight is 558 g/mol. The zero-order chi connectivity index (χ0) is 27.0. The van der Waals surface area contributed by atoms with Crippen molar-refractivity contribution in [1.82, 2.24) is 0 Å². The van der Waals surface area contributed by atoms with Crippen molar-refractivity contribution in [1.29, 1.82) is 0 Å². The van der Waals surface area contributed by atoms with Gasteiger partial charge in [0, 0.05) is 17.1 Å².